The van der Waals surface area contributed by atoms with E-state index in [4.69, 9.17) is 5.73 Å². The highest BCUT2D eigenvalue weighted by atomic mass is 79.9. The minimum absolute atomic E-state index is 0.139. The van der Waals surface area contributed by atoms with Crippen LogP contribution in [-0.2, 0) is 0 Å². The summed E-state index contributed by atoms with van der Waals surface area (Å²) in [5.74, 6) is 0.139. The standard InChI is InChI=1S/C14H19BrN2O/c15-12-6-4-11(5-7-12)14(18)17-10-2-1-3-13(17)8-9-16/h4-7,13H,1-3,8-10,16H2. The first-order valence-electron chi connectivity index (χ1n) is 6.49. The summed E-state index contributed by atoms with van der Waals surface area (Å²) in [7, 11) is 0. The number of hydrogen-bond donors (Lipinski definition) is 1. The van der Waals surface area contributed by atoms with Crippen LogP contribution < -0.4 is 5.73 Å². The number of halogens is 1. The molecule has 1 heterocycles. The Morgan fingerprint density at radius 2 is 2.06 bits per heavy atom. The third-order valence-electron chi connectivity index (χ3n) is 3.48. The van der Waals surface area contributed by atoms with Gasteiger partial charge in [0.05, 0.1) is 0 Å². The van der Waals surface area contributed by atoms with E-state index in [-0.39, 0.29) is 5.91 Å². The van der Waals surface area contributed by atoms with Gasteiger partial charge in [0.2, 0.25) is 0 Å². The number of nitrogens with zero attached hydrogens (tertiary/aromatic N) is 1. The van der Waals surface area contributed by atoms with Crippen LogP contribution in [0, 0.1) is 0 Å². The highest BCUT2D eigenvalue weighted by Gasteiger charge is 2.26. The molecule has 3 nitrogen and oxygen atoms in total. The van der Waals surface area contributed by atoms with E-state index in [9.17, 15) is 4.79 Å². The highest BCUT2D eigenvalue weighted by molar-refractivity contribution is 9.10. The first-order valence-corrected chi connectivity index (χ1v) is 7.28. The van der Waals surface area contributed by atoms with Gasteiger partial charge in [-0.3, -0.25) is 4.79 Å². The van der Waals surface area contributed by atoms with Crippen LogP contribution in [0.1, 0.15) is 36.0 Å². The fraction of sp³-hybridized carbons (Fsp3) is 0.500. The molecule has 0 radical (unpaired) electrons. The van der Waals surface area contributed by atoms with Crippen LogP contribution >= 0.6 is 15.9 Å². The lowest BCUT2D eigenvalue weighted by atomic mass is 9.98. The van der Waals surface area contributed by atoms with Gasteiger partial charge >= 0.3 is 0 Å². The zero-order valence-corrected chi connectivity index (χ0v) is 12.0. The summed E-state index contributed by atoms with van der Waals surface area (Å²) in [6.07, 6.45) is 4.29. The Bertz CT molecular complexity index is 403. The SMILES string of the molecule is NCCC1CCCCN1C(=O)c1ccc(Br)cc1. The molecule has 98 valence electrons. The fourth-order valence-corrected chi connectivity index (χ4v) is 2.78. The van der Waals surface area contributed by atoms with Crippen molar-refractivity contribution in [2.45, 2.75) is 31.7 Å². The van der Waals surface area contributed by atoms with E-state index in [1.807, 2.05) is 29.2 Å². The van der Waals surface area contributed by atoms with E-state index >= 15 is 0 Å². The number of benzene rings is 1. The quantitative estimate of drug-likeness (QED) is 0.933. The third kappa shape index (κ3) is 3.12. The molecule has 1 amide bonds. The number of amides is 1. The van der Waals surface area contributed by atoms with Crippen LogP contribution in [0.2, 0.25) is 0 Å². The topological polar surface area (TPSA) is 46.3 Å². The van der Waals surface area contributed by atoms with E-state index in [1.165, 1.54) is 6.42 Å². The maximum absolute atomic E-state index is 12.5. The minimum Gasteiger partial charge on any atom is -0.336 e. The van der Waals surface area contributed by atoms with E-state index < -0.39 is 0 Å². The van der Waals surface area contributed by atoms with Gasteiger partial charge in [0.25, 0.3) is 5.91 Å². The Kier molecular flexibility index (Phi) is 4.78. The van der Waals surface area contributed by atoms with Gasteiger partial charge in [-0.25, -0.2) is 0 Å². The predicted molar refractivity (Wildman–Crippen MR) is 76.5 cm³/mol. The maximum atomic E-state index is 12.5. The molecule has 2 N–H and O–H groups in total. The third-order valence-corrected chi connectivity index (χ3v) is 4.01. The largest absolute Gasteiger partial charge is 0.336 e. The molecular weight excluding hydrogens is 292 g/mol. The van der Waals surface area contributed by atoms with Crippen molar-refractivity contribution in [1.82, 2.24) is 4.90 Å². The number of likely N-dealkylation sites (tertiary alicyclic amines) is 1. The molecule has 4 heteroatoms. The Morgan fingerprint density at radius 1 is 1.33 bits per heavy atom. The van der Waals surface area contributed by atoms with Crippen LogP contribution in [0.5, 0.6) is 0 Å². The van der Waals surface area contributed by atoms with Crippen LogP contribution in [-0.4, -0.2) is 29.9 Å². The molecule has 1 aliphatic heterocycles. The van der Waals surface area contributed by atoms with Gasteiger partial charge in [-0.2, -0.15) is 0 Å². The molecule has 1 atom stereocenters. The molecule has 0 aliphatic carbocycles. The van der Waals surface area contributed by atoms with Gasteiger partial charge in [0.15, 0.2) is 0 Å². The molecule has 1 aromatic carbocycles. The van der Waals surface area contributed by atoms with Crippen molar-refractivity contribution >= 4 is 21.8 Å². The van der Waals surface area contributed by atoms with Crippen molar-refractivity contribution in [3.05, 3.63) is 34.3 Å². The molecule has 0 aromatic heterocycles. The van der Waals surface area contributed by atoms with Crippen molar-refractivity contribution in [2.75, 3.05) is 13.1 Å². The van der Waals surface area contributed by atoms with Gasteiger partial charge in [-0.1, -0.05) is 15.9 Å². The average molecular weight is 311 g/mol. The Morgan fingerprint density at radius 3 is 2.72 bits per heavy atom. The molecule has 0 saturated carbocycles. The lowest BCUT2D eigenvalue weighted by Crippen LogP contribution is -2.44. The summed E-state index contributed by atoms with van der Waals surface area (Å²) >= 11 is 3.39. The number of piperidine rings is 1. The first-order chi connectivity index (χ1) is 8.72. The normalized spacial score (nSPS) is 19.9. The average Bonchev–Trinajstić information content (AvgIpc) is 2.40. The Hall–Kier alpha value is -0.870. The molecule has 1 fully saturated rings. The summed E-state index contributed by atoms with van der Waals surface area (Å²) in [5, 5.41) is 0. The lowest BCUT2D eigenvalue weighted by Gasteiger charge is -2.35. The van der Waals surface area contributed by atoms with Crippen molar-refractivity contribution in [3.63, 3.8) is 0 Å². The van der Waals surface area contributed by atoms with Crippen LogP contribution in [0.25, 0.3) is 0 Å². The molecule has 1 saturated heterocycles. The van der Waals surface area contributed by atoms with E-state index in [2.05, 4.69) is 15.9 Å². The predicted octanol–water partition coefficient (Wildman–Crippen LogP) is 2.79. The van der Waals surface area contributed by atoms with Crippen molar-refractivity contribution in [1.29, 1.82) is 0 Å². The smallest absolute Gasteiger partial charge is 0.254 e. The number of hydrogen-bond acceptors (Lipinski definition) is 2. The molecule has 1 unspecified atom stereocenters. The number of carbonyl (C=O) groups is 1. The van der Waals surface area contributed by atoms with Crippen molar-refractivity contribution in [3.8, 4) is 0 Å². The second-order valence-electron chi connectivity index (χ2n) is 4.73. The highest BCUT2D eigenvalue weighted by Crippen LogP contribution is 2.22. The second kappa shape index (κ2) is 6.34. The minimum atomic E-state index is 0.139. The molecule has 0 bridgehead atoms. The van der Waals surface area contributed by atoms with Crippen LogP contribution in [0.15, 0.2) is 28.7 Å². The van der Waals surface area contributed by atoms with Crippen LogP contribution in [0.4, 0.5) is 0 Å². The molecule has 2 rings (SSSR count). The summed E-state index contributed by atoms with van der Waals surface area (Å²) in [5.41, 5.74) is 6.40. The van der Waals surface area contributed by atoms with Gasteiger partial charge in [-0.05, 0) is 56.5 Å². The summed E-state index contributed by atoms with van der Waals surface area (Å²) in [6.45, 7) is 1.51. The number of rotatable bonds is 3. The molecule has 0 spiro atoms. The summed E-state index contributed by atoms with van der Waals surface area (Å²) in [6, 6.07) is 7.89. The zero-order valence-electron chi connectivity index (χ0n) is 10.4. The summed E-state index contributed by atoms with van der Waals surface area (Å²) < 4.78 is 0.996. The van der Waals surface area contributed by atoms with E-state index in [0.717, 1.165) is 35.8 Å². The first kappa shape index (κ1) is 13.6. The molecule has 1 aliphatic rings. The fourth-order valence-electron chi connectivity index (χ4n) is 2.52. The van der Waals surface area contributed by atoms with E-state index in [0.29, 0.717) is 12.6 Å². The molecule has 18 heavy (non-hydrogen) atoms. The van der Waals surface area contributed by atoms with Gasteiger partial charge in [-0.15, -0.1) is 0 Å². The maximum Gasteiger partial charge on any atom is 0.254 e. The Labute approximate surface area is 116 Å². The van der Waals surface area contributed by atoms with Gasteiger partial charge in [0, 0.05) is 22.6 Å². The van der Waals surface area contributed by atoms with Crippen molar-refractivity contribution < 1.29 is 4.79 Å². The molecule has 1 aromatic rings. The molecular formula is C14H19BrN2O. The summed E-state index contributed by atoms with van der Waals surface area (Å²) in [4.78, 5) is 14.5. The number of nitrogens with two attached hydrogens (primary N) is 1. The lowest BCUT2D eigenvalue weighted by molar-refractivity contribution is 0.0605. The van der Waals surface area contributed by atoms with E-state index in [1.54, 1.807) is 0 Å². The van der Waals surface area contributed by atoms with Crippen LogP contribution in [0.3, 0.4) is 0 Å². The zero-order chi connectivity index (χ0) is 13.0. The number of carbonyl (C=O) groups excluding carboxylic acids is 1. The second-order valence-corrected chi connectivity index (χ2v) is 5.65. The monoisotopic (exact) mass is 310 g/mol. The van der Waals surface area contributed by atoms with Gasteiger partial charge < -0.3 is 10.6 Å². The Balaban J connectivity index is 2.12. The van der Waals surface area contributed by atoms with Gasteiger partial charge in [0.1, 0.15) is 0 Å². The van der Waals surface area contributed by atoms with Crippen molar-refractivity contribution in [2.24, 2.45) is 5.73 Å².